The smallest absolute Gasteiger partial charge is 0.314 e. The van der Waals surface area contributed by atoms with Crippen molar-refractivity contribution in [2.45, 2.75) is 12.8 Å². The molecule has 0 aromatic carbocycles. The first kappa shape index (κ1) is 12.2. The minimum Gasteiger partial charge on any atom is -0.351 e. The molecule has 1 fully saturated rings. The number of amides is 2. The molecule has 1 atom stereocenters. The van der Waals surface area contributed by atoms with Crippen LogP contribution in [0.15, 0.2) is 0 Å². The summed E-state index contributed by atoms with van der Waals surface area (Å²) in [5.41, 5.74) is 5.13. The van der Waals surface area contributed by atoms with Gasteiger partial charge in [-0.05, 0) is 18.8 Å². The predicted molar refractivity (Wildman–Crippen MR) is 55.0 cm³/mol. The van der Waals surface area contributed by atoms with Crippen molar-refractivity contribution < 1.29 is 13.2 Å². The second kappa shape index (κ2) is 4.77. The van der Waals surface area contributed by atoms with Crippen molar-refractivity contribution in [2.24, 2.45) is 16.8 Å². The van der Waals surface area contributed by atoms with Crippen LogP contribution in [-0.2, 0) is 10.2 Å². The fourth-order valence-electron chi connectivity index (χ4n) is 1.67. The first-order chi connectivity index (χ1) is 6.88. The number of rotatable bonds is 3. The highest BCUT2D eigenvalue weighted by molar-refractivity contribution is 7.87. The average molecular weight is 236 g/mol. The summed E-state index contributed by atoms with van der Waals surface area (Å²) in [6.07, 6.45) is 1.70. The molecule has 15 heavy (non-hydrogen) atoms. The Bertz CT molecular complexity index is 329. The summed E-state index contributed by atoms with van der Waals surface area (Å²) in [6, 6.07) is -0.463. The number of hydrogen-bond acceptors (Lipinski definition) is 3. The van der Waals surface area contributed by atoms with Gasteiger partial charge in [-0.25, -0.2) is 14.7 Å². The number of primary amides is 1. The topological polar surface area (TPSA) is 119 Å². The molecule has 1 rings (SSSR count). The summed E-state index contributed by atoms with van der Waals surface area (Å²) in [5.74, 6) is 0.0876. The van der Waals surface area contributed by atoms with Gasteiger partial charge >= 0.3 is 6.03 Å². The monoisotopic (exact) mass is 236 g/mol. The normalized spacial score (nSPS) is 22.7. The lowest BCUT2D eigenvalue weighted by Gasteiger charge is -2.31. The van der Waals surface area contributed by atoms with E-state index in [0.717, 1.165) is 12.8 Å². The summed E-state index contributed by atoms with van der Waals surface area (Å²) in [6.45, 7) is 1.38. The summed E-state index contributed by atoms with van der Waals surface area (Å²) < 4.78 is 23.5. The lowest BCUT2D eigenvalue weighted by molar-refractivity contribution is 0.174. The van der Waals surface area contributed by atoms with Crippen LogP contribution in [-0.4, -0.2) is 39.0 Å². The van der Waals surface area contributed by atoms with Crippen LogP contribution in [0.1, 0.15) is 12.8 Å². The van der Waals surface area contributed by atoms with Crippen molar-refractivity contribution in [3.63, 3.8) is 0 Å². The molecule has 1 aliphatic heterocycles. The molecule has 0 bridgehead atoms. The third kappa shape index (κ3) is 4.45. The zero-order valence-electron chi connectivity index (χ0n) is 8.35. The largest absolute Gasteiger partial charge is 0.351 e. The van der Waals surface area contributed by atoms with E-state index in [1.165, 1.54) is 4.90 Å². The van der Waals surface area contributed by atoms with Gasteiger partial charge in [0.25, 0.3) is 10.2 Å². The Hall–Kier alpha value is -0.860. The van der Waals surface area contributed by atoms with E-state index in [1.54, 1.807) is 0 Å². The predicted octanol–water partition coefficient (Wildman–Crippen LogP) is -1.43. The van der Waals surface area contributed by atoms with Gasteiger partial charge in [0.2, 0.25) is 0 Å². The molecule has 1 unspecified atom stereocenters. The number of likely N-dealkylation sites (tertiary alicyclic amines) is 1. The molecule has 1 heterocycles. The Morgan fingerprint density at radius 2 is 2.20 bits per heavy atom. The summed E-state index contributed by atoms with van der Waals surface area (Å²) in [4.78, 5) is 12.4. The molecule has 1 aliphatic rings. The number of carbonyl (C=O) groups is 1. The van der Waals surface area contributed by atoms with Crippen LogP contribution < -0.4 is 15.6 Å². The first-order valence-electron chi connectivity index (χ1n) is 4.70. The van der Waals surface area contributed by atoms with E-state index in [2.05, 4.69) is 4.72 Å². The maximum Gasteiger partial charge on any atom is 0.314 e. The summed E-state index contributed by atoms with van der Waals surface area (Å²) >= 11 is 0. The molecule has 0 spiro atoms. The number of hydrogen-bond donors (Lipinski definition) is 3. The molecule has 0 radical (unpaired) electrons. The molecule has 0 saturated carbocycles. The van der Waals surface area contributed by atoms with Crippen molar-refractivity contribution in [1.29, 1.82) is 0 Å². The molecule has 0 aliphatic carbocycles. The lowest BCUT2D eigenvalue weighted by atomic mass is 9.99. The average Bonchev–Trinajstić information content (AvgIpc) is 2.14. The van der Waals surface area contributed by atoms with Crippen molar-refractivity contribution in [3.8, 4) is 0 Å². The Morgan fingerprint density at radius 1 is 1.53 bits per heavy atom. The minimum absolute atomic E-state index is 0.0876. The maximum absolute atomic E-state index is 10.9. The van der Waals surface area contributed by atoms with Crippen LogP contribution in [0.4, 0.5) is 4.79 Å². The van der Waals surface area contributed by atoms with Gasteiger partial charge in [0.15, 0.2) is 0 Å². The minimum atomic E-state index is -3.65. The number of nitrogens with zero attached hydrogens (tertiary/aromatic N) is 1. The van der Waals surface area contributed by atoms with Crippen LogP contribution >= 0.6 is 0 Å². The van der Waals surface area contributed by atoms with Crippen LogP contribution in [0.3, 0.4) is 0 Å². The SMILES string of the molecule is NC(=O)N1CCCC(CNS(N)(=O)=O)C1. The van der Waals surface area contributed by atoms with Crippen LogP contribution in [0.25, 0.3) is 0 Å². The Morgan fingerprint density at radius 3 is 2.73 bits per heavy atom. The van der Waals surface area contributed by atoms with Crippen molar-refractivity contribution in [3.05, 3.63) is 0 Å². The number of nitrogens with two attached hydrogens (primary N) is 2. The summed E-state index contributed by atoms with van der Waals surface area (Å²) in [5, 5.41) is 4.80. The van der Waals surface area contributed by atoms with Crippen LogP contribution in [0, 0.1) is 5.92 Å². The number of piperidine rings is 1. The molecule has 0 aromatic rings. The molecule has 7 nitrogen and oxygen atoms in total. The zero-order chi connectivity index (χ0) is 11.5. The van der Waals surface area contributed by atoms with E-state index < -0.39 is 16.2 Å². The molecular weight excluding hydrogens is 220 g/mol. The van der Waals surface area contributed by atoms with E-state index in [4.69, 9.17) is 10.9 Å². The fraction of sp³-hybridized carbons (Fsp3) is 0.857. The quantitative estimate of drug-likeness (QED) is 0.557. The van der Waals surface area contributed by atoms with E-state index in [-0.39, 0.29) is 12.5 Å². The van der Waals surface area contributed by atoms with Gasteiger partial charge < -0.3 is 10.6 Å². The number of urea groups is 1. The fourth-order valence-corrected chi connectivity index (χ4v) is 2.13. The standard InChI is InChI=1S/C7H16N4O3S/c8-7(12)11-3-1-2-6(5-11)4-10-15(9,13)14/h6,10H,1-5H2,(H2,8,12)(H2,9,13,14). The highest BCUT2D eigenvalue weighted by Gasteiger charge is 2.22. The third-order valence-corrected chi connectivity index (χ3v) is 2.97. The van der Waals surface area contributed by atoms with Gasteiger partial charge in [0.05, 0.1) is 0 Å². The lowest BCUT2D eigenvalue weighted by Crippen LogP contribution is -2.46. The van der Waals surface area contributed by atoms with Gasteiger partial charge in [0.1, 0.15) is 0 Å². The first-order valence-corrected chi connectivity index (χ1v) is 6.25. The van der Waals surface area contributed by atoms with E-state index in [0.29, 0.717) is 13.1 Å². The molecule has 8 heteroatoms. The highest BCUT2D eigenvalue weighted by Crippen LogP contribution is 2.15. The van der Waals surface area contributed by atoms with Crippen molar-refractivity contribution >= 4 is 16.2 Å². The van der Waals surface area contributed by atoms with E-state index in [9.17, 15) is 13.2 Å². The van der Waals surface area contributed by atoms with Crippen molar-refractivity contribution in [2.75, 3.05) is 19.6 Å². The zero-order valence-corrected chi connectivity index (χ0v) is 9.16. The van der Waals surface area contributed by atoms with E-state index in [1.807, 2.05) is 0 Å². The molecule has 0 aromatic heterocycles. The summed E-state index contributed by atoms with van der Waals surface area (Å²) in [7, 11) is -3.65. The van der Waals surface area contributed by atoms with Crippen molar-refractivity contribution in [1.82, 2.24) is 9.62 Å². The number of nitrogens with one attached hydrogen (secondary N) is 1. The van der Waals surface area contributed by atoms with Gasteiger partial charge in [-0.2, -0.15) is 8.42 Å². The maximum atomic E-state index is 10.9. The molecule has 1 saturated heterocycles. The molecule has 5 N–H and O–H groups in total. The van der Waals surface area contributed by atoms with Gasteiger partial charge in [-0.1, -0.05) is 0 Å². The van der Waals surface area contributed by atoms with Crippen LogP contribution in [0.2, 0.25) is 0 Å². The van der Waals surface area contributed by atoms with Crippen LogP contribution in [0.5, 0.6) is 0 Å². The second-order valence-electron chi connectivity index (χ2n) is 3.69. The molecular formula is C7H16N4O3S. The highest BCUT2D eigenvalue weighted by atomic mass is 32.2. The third-order valence-electron chi connectivity index (χ3n) is 2.40. The second-order valence-corrected chi connectivity index (χ2v) is 5.06. The number of carbonyl (C=O) groups excluding carboxylic acids is 1. The molecule has 88 valence electrons. The van der Waals surface area contributed by atoms with E-state index >= 15 is 0 Å². The Labute approximate surface area is 89.0 Å². The Balaban J connectivity index is 2.40. The Kier molecular flexibility index (Phi) is 3.89. The van der Waals surface area contributed by atoms with Gasteiger partial charge in [0, 0.05) is 19.6 Å². The molecule has 2 amide bonds. The van der Waals surface area contributed by atoms with Gasteiger partial charge in [-0.15, -0.1) is 0 Å². The van der Waals surface area contributed by atoms with Gasteiger partial charge in [-0.3, -0.25) is 0 Å².